The van der Waals surface area contributed by atoms with E-state index in [1.54, 1.807) is 13.8 Å². The van der Waals surface area contributed by atoms with Crippen LogP contribution in [0.1, 0.15) is 182 Å². The first-order valence-electron chi connectivity index (χ1n) is 32.3. The number of carbonyl (C=O) groups excluding carboxylic acids is 10. The van der Waals surface area contributed by atoms with Crippen molar-refractivity contribution in [3.05, 3.63) is 35.5 Å². The molecule has 9 unspecified atom stereocenters. The smallest absolute Gasteiger partial charge is 0.268 e. The zero-order valence-electron chi connectivity index (χ0n) is 54.8. The highest BCUT2D eigenvalue weighted by atomic mass is 32.2. The van der Waals surface area contributed by atoms with Gasteiger partial charge in [-0.05, 0) is 109 Å². The van der Waals surface area contributed by atoms with Crippen molar-refractivity contribution in [2.75, 3.05) is 33.4 Å². The first-order chi connectivity index (χ1) is 42.8. The Morgan fingerprint density at radius 3 is 1.68 bits per heavy atom. The third-order valence-corrected chi connectivity index (χ3v) is 17.0. The number of aliphatic hydroxyl groups excluding tert-OH is 6. The lowest BCUT2D eigenvalue weighted by molar-refractivity contribution is -0.870. The second-order valence-electron chi connectivity index (χ2n) is 25.9. The Balaban J connectivity index is 1.93. The summed E-state index contributed by atoms with van der Waals surface area (Å²) >= 11 is 0.825. The number of nitrogens with one attached hydrogen (secondary N) is 8. The maximum absolute atomic E-state index is 14.9. The number of aliphatic hydroxyl groups is 6. The summed E-state index contributed by atoms with van der Waals surface area (Å²) in [5, 5.41) is 84.1. The fraction of sp³-hybridized carbons (Fsp3) is 0.746. The van der Waals surface area contributed by atoms with E-state index in [0.717, 1.165) is 106 Å². The van der Waals surface area contributed by atoms with Crippen molar-refractivity contribution in [3.8, 4) is 0 Å². The van der Waals surface area contributed by atoms with Gasteiger partial charge in [0.15, 0.2) is 0 Å². The predicted octanol–water partition coefficient (Wildman–Crippen LogP) is 0.316. The van der Waals surface area contributed by atoms with Gasteiger partial charge >= 0.3 is 0 Å². The molecular formula is C63H110N11O16S+. The van der Waals surface area contributed by atoms with Gasteiger partial charge in [-0.1, -0.05) is 83.9 Å². The van der Waals surface area contributed by atoms with E-state index >= 15 is 0 Å². The summed E-state index contributed by atoms with van der Waals surface area (Å²) in [6.07, 6.45) is 13.1. The van der Waals surface area contributed by atoms with Gasteiger partial charge in [-0.25, -0.2) is 0 Å². The van der Waals surface area contributed by atoms with Crippen LogP contribution < -0.4 is 54.0 Å². The normalized spacial score (nSPS) is 23.4. The average Bonchev–Trinajstić information content (AvgIpc) is 1.75. The van der Waals surface area contributed by atoms with Crippen LogP contribution in [0.5, 0.6) is 0 Å². The van der Waals surface area contributed by atoms with Gasteiger partial charge in [0.2, 0.25) is 53.2 Å². The summed E-state index contributed by atoms with van der Waals surface area (Å²) in [5.41, 5.74) is 8.18. The number of primary amides is 2. The van der Waals surface area contributed by atoms with Crippen molar-refractivity contribution in [1.82, 2.24) is 42.5 Å². The van der Waals surface area contributed by atoms with E-state index in [9.17, 15) is 78.6 Å². The number of rotatable bonds is 38. The van der Waals surface area contributed by atoms with E-state index in [4.69, 9.17) is 11.5 Å². The van der Waals surface area contributed by atoms with E-state index in [-0.39, 0.29) is 31.4 Å². The van der Waals surface area contributed by atoms with Crippen LogP contribution in [-0.4, -0.2) is 200 Å². The lowest BCUT2D eigenvalue weighted by Crippen LogP contribution is -2.68. The number of carbonyl (C=O) groups is 10. The minimum Gasteiger partial charge on any atom is -0.393 e. The number of allylic oxidation sites excluding steroid dienone is 3. The van der Waals surface area contributed by atoms with Gasteiger partial charge in [0.05, 0.1) is 83.1 Å². The Labute approximate surface area is 541 Å². The largest absolute Gasteiger partial charge is 0.393 e. The summed E-state index contributed by atoms with van der Waals surface area (Å²) in [7, 11) is 6.35. The Kier molecular flexibility index (Phi) is 37.7. The molecule has 0 aromatic carbocycles. The van der Waals surface area contributed by atoms with Crippen molar-refractivity contribution in [2.24, 2.45) is 23.3 Å². The van der Waals surface area contributed by atoms with Gasteiger partial charge in [-0.3, -0.25) is 47.9 Å². The lowest BCUT2D eigenvalue weighted by atomic mass is 9.89. The van der Waals surface area contributed by atoms with E-state index in [1.807, 2.05) is 0 Å². The Hall–Kier alpha value is -6.01. The highest BCUT2D eigenvalue weighted by Crippen LogP contribution is 2.26. The molecule has 2 aliphatic heterocycles. The second kappa shape index (κ2) is 42.3. The summed E-state index contributed by atoms with van der Waals surface area (Å²) in [5.74, 6) is -11.9. The SMILES string of the molecule is C/C=C1/NC(=O)C(NC(=O)[C@H](C)NC(=O)C(C)C(O)CCCCCCC/C=C\CCCCCCC(O)CC(O)CC(O)CC(O)CC(O)CCCC[N+](C)(C)C)CC2(CS/C=C\NC(=O)[C@H](CC(N)=O)NC(=O)[C@H](CC(N)=O)NC2=O)NC(=O)[C@H](C(C)C)NC1=O. The molecule has 2 heterocycles. The van der Waals surface area contributed by atoms with Crippen LogP contribution in [0.2, 0.25) is 0 Å². The molecule has 518 valence electrons. The summed E-state index contributed by atoms with van der Waals surface area (Å²) in [6.45, 7) is 8.47. The minimum atomic E-state index is -2.31. The molecule has 1 saturated heterocycles. The van der Waals surface area contributed by atoms with Crippen molar-refractivity contribution in [1.29, 1.82) is 0 Å². The van der Waals surface area contributed by atoms with E-state index < -0.39 is 168 Å². The molecule has 27 nitrogen and oxygen atoms in total. The maximum Gasteiger partial charge on any atom is 0.268 e. The first kappa shape index (κ1) is 81.1. The molecule has 0 aromatic rings. The number of thioether (sulfide) groups is 1. The van der Waals surface area contributed by atoms with Gasteiger partial charge in [0.1, 0.15) is 41.4 Å². The molecule has 0 aromatic heterocycles. The predicted molar refractivity (Wildman–Crippen MR) is 345 cm³/mol. The highest BCUT2D eigenvalue weighted by Gasteiger charge is 2.48. The summed E-state index contributed by atoms with van der Waals surface area (Å²) < 4.78 is 0.855. The lowest BCUT2D eigenvalue weighted by Gasteiger charge is -2.38. The molecule has 0 bridgehead atoms. The van der Waals surface area contributed by atoms with Gasteiger partial charge in [0, 0.05) is 18.4 Å². The second-order valence-corrected chi connectivity index (χ2v) is 26.8. The minimum absolute atomic E-state index is 0.0518. The van der Waals surface area contributed by atoms with E-state index in [1.165, 1.54) is 32.3 Å². The molecule has 13 atom stereocenters. The van der Waals surface area contributed by atoms with Gasteiger partial charge in [0.25, 0.3) is 5.91 Å². The zero-order valence-corrected chi connectivity index (χ0v) is 55.7. The molecule has 1 spiro atoms. The van der Waals surface area contributed by atoms with Crippen LogP contribution in [0.3, 0.4) is 0 Å². The molecule has 2 rings (SSSR count). The number of nitrogens with zero attached hydrogens (tertiary/aromatic N) is 1. The molecule has 28 heteroatoms. The van der Waals surface area contributed by atoms with Crippen LogP contribution in [0.4, 0.5) is 0 Å². The molecule has 0 aliphatic carbocycles. The van der Waals surface area contributed by atoms with Crippen molar-refractivity contribution < 1.29 is 83.1 Å². The van der Waals surface area contributed by atoms with Crippen LogP contribution in [-0.2, 0) is 47.9 Å². The van der Waals surface area contributed by atoms with Crippen molar-refractivity contribution in [3.63, 3.8) is 0 Å². The maximum atomic E-state index is 14.9. The van der Waals surface area contributed by atoms with Gasteiger partial charge < -0.3 is 89.1 Å². The Morgan fingerprint density at radius 1 is 0.648 bits per heavy atom. The fourth-order valence-electron chi connectivity index (χ4n) is 10.6. The molecule has 0 saturated carbocycles. The molecular weight excluding hydrogens is 1200 g/mol. The van der Waals surface area contributed by atoms with Gasteiger partial charge in [-0.2, -0.15) is 0 Å². The molecule has 18 N–H and O–H groups in total. The quantitative estimate of drug-likeness (QED) is 0.0171. The first-order valence-corrected chi connectivity index (χ1v) is 33.3. The summed E-state index contributed by atoms with van der Waals surface area (Å²) in [6, 6.07) is -7.92. The molecule has 10 amide bonds. The van der Waals surface area contributed by atoms with Crippen molar-refractivity contribution >= 4 is 70.8 Å². The highest BCUT2D eigenvalue weighted by molar-refractivity contribution is 8.02. The third-order valence-electron chi connectivity index (χ3n) is 16.0. The average molecular weight is 1310 g/mol. The molecule has 91 heavy (non-hydrogen) atoms. The van der Waals surface area contributed by atoms with Crippen LogP contribution in [0, 0.1) is 11.8 Å². The standard InChI is InChI=1S/C63H109N11O16S/c1-9-47-58(86)72-54(39(2)3)61(89)73-63(38-91-30-28-66-57(85)48(35-52(64)81)69-59(87)49(36-53(65)82)71-62(63)90)37-50(60(88)68-47)70-56(84)41(5)67-55(83)40(4)51(80)27-22-20-18-16-14-12-10-11-13-15-17-19-21-25-42(75)31-44(77)33-46(79)34-45(78)32-43(76)26-23-24-29-74(6,7)8/h9-11,28,30,39-46,48-51,54,75-80H,12-27,29,31-38H2,1-8H3,(H11-,64,65,66,67,68,69,70,71,72,73,81,82,83,84,85,86,87,88,89,90)/p+1/b11-10-,30-28-,47-9+/t40?,41-,42?,43?,44?,45?,46?,48-,49-,50?,51?,54-,63?/m0/s1. The molecule has 2 aliphatic rings. The van der Waals surface area contributed by atoms with E-state index in [2.05, 4.69) is 75.8 Å². The van der Waals surface area contributed by atoms with Crippen molar-refractivity contribution in [2.45, 2.75) is 255 Å². The summed E-state index contributed by atoms with van der Waals surface area (Å²) in [4.78, 5) is 136. The van der Waals surface area contributed by atoms with Crippen LogP contribution in [0.25, 0.3) is 0 Å². The number of quaternary nitrogens is 1. The zero-order chi connectivity index (χ0) is 68.4. The fourth-order valence-corrected chi connectivity index (χ4v) is 11.4. The number of amides is 10. The topological polar surface area (TPSA) is 440 Å². The third kappa shape index (κ3) is 32.9. The Bertz CT molecular complexity index is 2440. The number of unbranched alkanes of at least 4 members (excludes halogenated alkanes) is 10. The number of hydrogen-bond donors (Lipinski definition) is 16. The Morgan fingerprint density at radius 2 is 1.15 bits per heavy atom. The molecule has 1 fully saturated rings. The van der Waals surface area contributed by atoms with E-state index in [0.29, 0.717) is 25.7 Å². The number of nitrogens with two attached hydrogens (primary N) is 2. The van der Waals surface area contributed by atoms with Crippen LogP contribution >= 0.6 is 11.8 Å². The molecule has 0 radical (unpaired) electrons. The monoisotopic (exact) mass is 1310 g/mol. The van der Waals surface area contributed by atoms with Crippen LogP contribution in [0.15, 0.2) is 35.5 Å². The van der Waals surface area contributed by atoms with Gasteiger partial charge in [-0.15, -0.1) is 11.8 Å². The number of hydrogen-bond acceptors (Lipinski definition) is 17.